The summed E-state index contributed by atoms with van der Waals surface area (Å²) in [5, 5.41) is 9.45. The molecule has 0 bridgehead atoms. The second-order valence-corrected chi connectivity index (χ2v) is 5.64. The molecule has 2 aliphatic rings. The van der Waals surface area contributed by atoms with Gasteiger partial charge in [0.2, 0.25) is 5.91 Å². The van der Waals surface area contributed by atoms with Crippen molar-refractivity contribution in [3.63, 3.8) is 0 Å². The van der Waals surface area contributed by atoms with Crippen LogP contribution in [0.2, 0.25) is 0 Å². The monoisotopic (exact) mass is 287 g/mol. The van der Waals surface area contributed by atoms with E-state index in [1.807, 2.05) is 30.3 Å². The first kappa shape index (κ1) is 13.8. The van der Waals surface area contributed by atoms with E-state index in [4.69, 9.17) is 4.74 Å². The lowest BCUT2D eigenvalue weighted by Gasteiger charge is -2.21. The Kier molecular flexibility index (Phi) is 3.51. The quantitative estimate of drug-likeness (QED) is 0.850. The maximum atomic E-state index is 12.2. The molecule has 1 amide bonds. The summed E-state index contributed by atoms with van der Waals surface area (Å²) in [6.45, 7) is 1.28. The van der Waals surface area contributed by atoms with Gasteiger partial charge in [0, 0.05) is 25.1 Å². The minimum Gasteiger partial charge on any atom is -0.481 e. The third-order valence-corrected chi connectivity index (χ3v) is 4.33. The van der Waals surface area contributed by atoms with Crippen LogP contribution in [0.3, 0.4) is 0 Å². The van der Waals surface area contributed by atoms with E-state index in [0.717, 1.165) is 5.56 Å². The lowest BCUT2D eigenvalue weighted by atomic mass is 9.81. The Morgan fingerprint density at radius 2 is 2.10 bits per heavy atom. The van der Waals surface area contributed by atoms with Crippen molar-refractivity contribution in [2.24, 2.45) is 11.3 Å². The standard InChI is InChI=1S/C16H17NO4/c18-14(7-6-12-4-2-1-3-5-12)17-8-13-9-21-11-16(13,10-17)15(19)20/h1-7,13H,8-11H2,(H,19,20)/b7-6+/t13-,16-/m1/s1. The van der Waals surface area contributed by atoms with Crippen LogP contribution in [0.4, 0.5) is 0 Å². The number of aliphatic carboxylic acids is 1. The Hall–Kier alpha value is -2.14. The number of carbonyl (C=O) groups excluding carboxylic acids is 1. The van der Waals surface area contributed by atoms with Crippen molar-refractivity contribution in [1.29, 1.82) is 0 Å². The van der Waals surface area contributed by atoms with Crippen LogP contribution in [-0.4, -0.2) is 48.2 Å². The Labute approximate surface area is 122 Å². The Balaban J connectivity index is 1.70. The molecule has 5 nitrogen and oxygen atoms in total. The molecular formula is C16H17NO4. The number of ether oxygens (including phenoxy) is 1. The average Bonchev–Trinajstić information content (AvgIpc) is 3.03. The molecule has 2 heterocycles. The highest BCUT2D eigenvalue weighted by Gasteiger charge is 2.56. The predicted molar refractivity (Wildman–Crippen MR) is 76.4 cm³/mol. The summed E-state index contributed by atoms with van der Waals surface area (Å²) in [6.07, 6.45) is 3.26. The minimum atomic E-state index is -0.920. The number of rotatable bonds is 3. The number of likely N-dealkylation sites (tertiary alicyclic amines) is 1. The zero-order valence-corrected chi connectivity index (χ0v) is 11.6. The van der Waals surface area contributed by atoms with E-state index in [1.165, 1.54) is 6.08 Å². The number of fused-ring (bicyclic) bond motifs is 1. The van der Waals surface area contributed by atoms with Crippen LogP contribution in [0, 0.1) is 11.3 Å². The number of carbonyl (C=O) groups is 2. The molecule has 110 valence electrons. The van der Waals surface area contributed by atoms with Gasteiger partial charge in [-0.1, -0.05) is 30.3 Å². The SMILES string of the molecule is O=C(/C=C/c1ccccc1)N1C[C@@H]2COC[C@]2(C(=O)O)C1. The molecule has 0 radical (unpaired) electrons. The van der Waals surface area contributed by atoms with E-state index >= 15 is 0 Å². The predicted octanol–water partition coefficient (Wildman–Crippen LogP) is 1.26. The molecule has 0 unspecified atom stereocenters. The van der Waals surface area contributed by atoms with Crippen LogP contribution in [0.15, 0.2) is 36.4 Å². The van der Waals surface area contributed by atoms with E-state index in [-0.39, 0.29) is 25.0 Å². The van der Waals surface area contributed by atoms with E-state index in [0.29, 0.717) is 13.2 Å². The number of carboxylic acids is 1. The Morgan fingerprint density at radius 1 is 1.33 bits per heavy atom. The highest BCUT2D eigenvalue weighted by Crippen LogP contribution is 2.41. The molecule has 5 heteroatoms. The van der Waals surface area contributed by atoms with Gasteiger partial charge in [-0.25, -0.2) is 0 Å². The van der Waals surface area contributed by atoms with Crippen LogP contribution >= 0.6 is 0 Å². The van der Waals surface area contributed by atoms with Gasteiger partial charge in [0.15, 0.2) is 0 Å². The van der Waals surface area contributed by atoms with Crippen LogP contribution in [0.5, 0.6) is 0 Å². The van der Waals surface area contributed by atoms with Gasteiger partial charge in [-0.3, -0.25) is 9.59 Å². The van der Waals surface area contributed by atoms with Gasteiger partial charge in [0.25, 0.3) is 0 Å². The fourth-order valence-corrected chi connectivity index (χ4v) is 3.04. The number of amides is 1. The van der Waals surface area contributed by atoms with Crippen LogP contribution in [0.1, 0.15) is 5.56 Å². The summed E-state index contributed by atoms with van der Waals surface area (Å²) >= 11 is 0. The second-order valence-electron chi connectivity index (χ2n) is 5.64. The van der Waals surface area contributed by atoms with Crippen molar-refractivity contribution >= 4 is 18.0 Å². The molecule has 3 rings (SSSR count). The fraction of sp³-hybridized carbons (Fsp3) is 0.375. The molecule has 21 heavy (non-hydrogen) atoms. The van der Waals surface area contributed by atoms with Gasteiger partial charge in [-0.15, -0.1) is 0 Å². The zero-order chi connectivity index (χ0) is 14.9. The van der Waals surface area contributed by atoms with Crippen molar-refractivity contribution in [1.82, 2.24) is 4.90 Å². The number of hydrogen-bond acceptors (Lipinski definition) is 3. The van der Waals surface area contributed by atoms with Crippen LogP contribution in [-0.2, 0) is 14.3 Å². The highest BCUT2D eigenvalue weighted by atomic mass is 16.5. The molecule has 1 aromatic carbocycles. The maximum absolute atomic E-state index is 12.2. The number of carboxylic acid groups (broad SMARTS) is 1. The normalized spacial score (nSPS) is 28.0. The molecular weight excluding hydrogens is 270 g/mol. The first-order valence-corrected chi connectivity index (χ1v) is 6.95. The van der Waals surface area contributed by atoms with Crippen LogP contribution < -0.4 is 0 Å². The molecule has 2 fully saturated rings. The smallest absolute Gasteiger partial charge is 0.314 e. The second kappa shape index (κ2) is 5.33. The maximum Gasteiger partial charge on any atom is 0.314 e. The van der Waals surface area contributed by atoms with Crippen LogP contribution in [0.25, 0.3) is 6.08 Å². The average molecular weight is 287 g/mol. The summed E-state index contributed by atoms with van der Waals surface area (Å²) < 4.78 is 5.30. The summed E-state index contributed by atoms with van der Waals surface area (Å²) in [6, 6.07) is 9.55. The molecule has 2 atom stereocenters. The highest BCUT2D eigenvalue weighted by molar-refractivity contribution is 5.93. The summed E-state index contributed by atoms with van der Waals surface area (Å²) in [7, 11) is 0. The van der Waals surface area contributed by atoms with E-state index < -0.39 is 11.4 Å². The van der Waals surface area contributed by atoms with Crippen molar-refractivity contribution in [3.05, 3.63) is 42.0 Å². The molecule has 1 N–H and O–H groups in total. The molecule has 2 saturated heterocycles. The molecule has 0 aliphatic carbocycles. The molecule has 0 spiro atoms. The summed E-state index contributed by atoms with van der Waals surface area (Å²) in [4.78, 5) is 25.3. The Morgan fingerprint density at radius 3 is 2.76 bits per heavy atom. The van der Waals surface area contributed by atoms with E-state index in [9.17, 15) is 14.7 Å². The topological polar surface area (TPSA) is 66.8 Å². The summed E-state index contributed by atoms with van der Waals surface area (Å²) in [5.74, 6) is -1.12. The van der Waals surface area contributed by atoms with Gasteiger partial charge in [-0.05, 0) is 11.6 Å². The molecule has 1 aromatic rings. The van der Waals surface area contributed by atoms with Gasteiger partial charge in [0.05, 0.1) is 13.2 Å². The minimum absolute atomic E-state index is 0.107. The van der Waals surface area contributed by atoms with E-state index in [2.05, 4.69) is 0 Å². The summed E-state index contributed by atoms with van der Waals surface area (Å²) in [5.41, 5.74) is 0.0255. The molecule has 0 saturated carbocycles. The number of nitrogens with zero attached hydrogens (tertiary/aromatic N) is 1. The van der Waals surface area contributed by atoms with Gasteiger partial charge in [0.1, 0.15) is 5.41 Å². The third kappa shape index (κ3) is 2.45. The number of hydrogen-bond donors (Lipinski definition) is 1. The van der Waals surface area contributed by atoms with E-state index in [1.54, 1.807) is 11.0 Å². The molecule has 2 aliphatic heterocycles. The largest absolute Gasteiger partial charge is 0.481 e. The first-order chi connectivity index (χ1) is 10.1. The van der Waals surface area contributed by atoms with Crippen molar-refractivity contribution in [2.75, 3.05) is 26.3 Å². The zero-order valence-electron chi connectivity index (χ0n) is 11.6. The Bertz CT molecular complexity index is 583. The third-order valence-electron chi connectivity index (χ3n) is 4.33. The first-order valence-electron chi connectivity index (χ1n) is 6.95. The van der Waals surface area contributed by atoms with Crippen molar-refractivity contribution < 1.29 is 19.4 Å². The van der Waals surface area contributed by atoms with Gasteiger partial charge >= 0.3 is 5.97 Å². The fourth-order valence-electron chi connectivity index (χ4n) is 3.04. The van der Waals surface area contributed by atoms with Crippen molar-refractivity contribution in [2.45, 2.75) is 0 Å². The lowest BCUT2D eigenvalue weighted by Crippen LogP contribution is -2.39. The van der Waals surface area contributed by atoms with Crippen molar-refractivity contribution in [3.8, 4) is 0 Å². The van der Waals surface area contributed by atoms with Gasteiger partial charge < -0.3 is 14.7 Å². The lowest BCUT2D eigenvalue weighted by molar-refractivity contribution is -0.149. The molecule has 0 aromatic heterocycles. The number of benzene rings is 1. The van der Waals surface area contributed by atoms with Gasteiger partial charge in [-0.2, -0.15) is 0 Å².